The number of nitrogens with zero attached hydrogens (tertiary/aromatic N) is 3. The van der Waals surface area contributed by atoms with Gasteiger partial charge in [-0.05, 0) is 26.9 Å². The van der Waals surface area contributed by atoms with Gasteiger partial charge in [0, 0.05) is 19.1 Å². The van der Waals surface area contributed by atoms with Crippen molar-refractivity contribution in [2.75, 3.05) is 32.9 Å². The van der Waals surface area contributed by atoms with E-state index in [1.165, 1.54) is 24.6 Å². The molecule has 0 radical (unpaired) electrons. The summed E-state index contributed by atoms with van der Waals surface area (Å²) < 4.78 is 0. The zero-order valence-electron chi connectivity index (χ0n) is 9.27. The van der Waals surface area contributed by atoms with Crippen LogP contribution in [0.15, 0.2) is 4.99 Å². The Morgan fingerprint density at radius 1 is 1.40 bits per heavy atom. The lowest BCUT2D eigenvalue weighted by Crippen LogP contribution is -2.44. The van der Waals surface area contributed by atoms with Crippen molar-refractivity contribution in [2.24, 2.45) is 4.99 Å². The summed E-state index contributed by atoms with van der Waals surface area (Å²) >= 11 is 1.31. The average Bonchev–Trinajstić information content (AvgIpc) is 2.65. The first-order valence-corrected chi connectivity index (χ1v) is 6.31. The maximum atomic E-state index is 11.0. The van der Waals surface area contributed by atoms with Gasteiger partial charge in [0.1, 0.15) is 5.84 Å². The standard InChI is InChI=1S/C10H17N3OS/c1-12(2)8-3-5-13(6-4-8)9-7-15-10(14)11-9/h8H,3-7H2,1-2H3. The number of likely N-dealkylation sites (tertiary alicyclic amines) is 1. The minimum absolute atomic E-state index is 0.0280. The molecule has 0 aromatic heterocycles. The molecule has 0 aromatic carbocycles. The summed E-state index contributed by atoms with van der Waals surface area (Å²) in [4.78, 5) is 19.6. The Morgan fingerprint density at radius 2 is 2.07 bits per heavy atom. The van der Waals surface area contributed by atoms with Crippen LogP contribution in [0.5, 0.6) is 0 Å². The molecular formula is C10H17N3OS. The quantitative estimate of drug-likeness (QED) is 0.676. The molecule has 2 heterocycles. The van der Waals surface area contributed by atoms with Gasteiger partial charge in [0.05, 0.1) is 5.75 Å². The maximum Gasteiger partial charge on any atom is 0.306 e. The maximum absolute atomic E-state index is 11.0. The highest BCUT2D eigenvalue weighted by Gasteiger charge is 2.26. The molecular weight excluding hydrogens is 210 g/mol. The SMILES string of the molecule is CN(C)C1CCN(C2=NC(=O)SC2)CC1. The Hall–Kier alpha value is -0.550. The predicted octanol–water partition coefficient (Wildman–Crippen LogP) is 1.28. The number of carbonyl (C=O) groups excluding carboxylic acids is 1. The number of amides is 1. The van der Waals surface area contributed by atoms with Gasteiger partial charge >= 0.3 is 5.24 Å². The topological polar surface area (TPSA) is 35.9 Å². The van der Waals surface area contributed by atoms with Gasteiger partial charge in [-0.15, -0.1) is 0 Å². The molecule has 0 aromatic rings. The molecule has 2 aliphatic heterocycles. The van der Waals surface area contributed by atoms with Gasteiger partial charge < -0.3 is 9.80 Å². The third-order valence-electron chi connectivity index (χ3n) is 3.10. The number of hydrogen-bond acceptors (Lipinski definition) is 4. The summed E-state index contributed by atoms with van der Waals surface area (Å²) in [6, 6.07) is 0.687. The zero-order chi connectivity index (χ0) is 10.8. The first-order valence-electron chi connectivity index (χ1n) is 5.32. The summed E-state index contributed by atoms with van der Waals surface area (Å²) in [5, 5.41) is -0.0280. The molecule has 1 saturated heterocycles. The largest absolute Gasteiger partial charge is 0.359 e. The minimum Gasteiger partial charge on any atom is -0.359 e. The van der Waals surface area contributed by atoms with Gasteiger partial charge in [-0.25, -0.2) is 0 Å². The lowest BCUT2D eigenvalue weighted by molar-refractivity contribution is 0.191. The second-order valence-electron chi connectivity index (χ2n) is 4.26. The van der Waals surface area contributed by atoms with E-state index in [9.17, 15) is 4.79 Å². The fraction of sp³-hybridized carbons (Fsp3) is 0.800. The highest BCUT2D eigenvalue weighted by molar-refractivity contribution is 8.14. The van der Waals surface area contributed by atoms with Gasteiger partial charge in [-0.2, -0.15) is 4.99 Å². The molecule has 4 nitrogen and oxygen atoms in total. The van der Waals surface area contributed by atoms with Gasteiger partial charge in [-0.1, -0.05) is 11.8 Å². The van der Waals surface area contributed by atoms with E-state index in [1.807, 2.05) is 0 Å². The number of piperidine rings is 1. The van der Waals surface area contributed by atoms with Crippen LogP contribution in [0.1, 0.15) is 12.8 Å². The lowest BCUT2D eigenvalue weighted by Gasteiger charge is -2.36. The van der Waals surface area contributed by atoms with Crippen molar-refractivity contribution in [3.8, 4) is 0 Å². The molecule has 84 valence electrons. The van der Waals surface area contributed by atoms with Crippen LogP contribution < -0.4 is 0 Å². The van der Waals surface area contributed by atoms with Crippen LogP contribution in [0.25, 0.3) is 0 Å². The minimum atomic E-state index is -0.0280. The number of thioether (sulfide) groups is 1. The number of rotatable bonds is 1. The van der Waals surface area contributed by atoms with Crippen molar-refractivity contribution in [1.29, 1.82) is 0 Å². The third kappa shape index (κ3) is 2.52. The van der Waals surface area contributed by atoms with E-state index in [2.05, 4.69) is 28.9 Å². The summed E-state index contributed by atoms with van der Waals surface area (Å²) in [6.45, 7) is 2.07. The highest BCUT2D eigenvalue weighted by atomic mass is 32.2. The molecule has 0 spiro atoms. The van der Waals surface area contributed by atoms with E-state index in [4.69, 9.17) is 0 Å². The second-order valence-corrected chi connectivity index (χ2v) is 5.19. The van der Waals surface area contributed by atoms with Crippen molar-refractivity contribution < 1.29 is 4.79 Å². The van der Waals surface area contributed by atoms with Crippen LogP contribution in [0.4, 0.5) is 4.79 Å². The van der Waals surface area contributed by atoms with Crippen molar-refractivity contribution in [2.45, 2.75) is 18.9 Å². The van der Waals surface area contributed by atoms with Gasteiger partial charge in [0.2, 0.25) is 0 Å². The molecule has 1 fully saturated rings. The zero-order valence-corrected chi connectivity index (χ0v) is 10.1. The van der Waals surface area contributed by atoms with Crippen molar-refractivity contribution in [1.82, 2.24) is 9.80 Å². The first kappa shape index (κ1) is 11.0. The Kier molecular flexibility index (Phi) is 3.31. The second kappa shape index (κ2) is 4.53. The number of hydrogen-bond donors (Lipinski definition) is 0. The van der Waals surface area contributed by atoms with Crippen LogP contribution in [0.2, 0.25) is 0 Å². The molecule has 0 N–H and O–H groups in total. The van der Waals surface area contributed by atoms with Crippen molar-refractivity contribution >= 4 is 22.8 Å². The molecule has 0 aliphatic carbocycles. The van der Waals surface area contributed by atoms with Gasteiger partial charge in [0.15, 0.2) is 0 Å². The monoisotopic (exact) mass is 227 g/mol. The van der Waals surface area contributed by atoms with Crippen LogP contribution in [-0.2, 0) is 0 Å². The fourth-order valence-corrected chi connectivity index (χ4v) is 2.77. The van der Waals surface area contributed by atoms with E-state index in [-0.39, 0.29) is 5.24 Å². The number of amidine groups is 1. The number of carbonyl (C=O) groups is 1. The summed E-state index contributed by atoms with van der Waals surface area (Å²) in [6.07, 6.45) is 2.34. The average molecular weight is 227 g/mol. The Balaban J connectivity index is 1.88. The van der Waals surface area contributed by atoms with Crippen LogP contribution in [0.3, 0.4) is 0 Å². The van der Waals surface area contributed by atoms with E-state index >= 15 is 0 Å². The molecule has 5 heteroatoms. The van der Waals surface area contributed by atoms with E-state index in [1.54, 1.807) is 0 Å². The van der Waals surface area contributed by atoms with Crippen LogP contribution in [0, 0.1) is 0 Å². The molecule has 0 unspecified atom stereocenters. The van der Waals surface area contributed by atoms with Gasteiger partial charge in [0.25, 0.3) is 0 Å². The van der Waals surface area contributed by atoms with Crippen LogP contribution in [-0.4, -0.2) is 59.9 Å². The highest BCUT2D eigenvalue weighted by Crippen LogP contribution is 2.20. The van der Waals surface area contributed by atoms with E-state index in [0.717, 1.165) is 24.7 Å². The van der Waals surface area contributed by atoms with Crippen LogP contribution >= 0.6 is 11.8 Å². The van der Waals surface area contributed by atoms with E-state index < -0.39 is 0 Å². The molecule has 2 rings (SSSR count). The lowest BCUT2D eigenvalue weighted by atomic mass is 10.0. The summed E-state index contributed by atoms with van der Waals surface area (Å²) in [5.41, 5.74) is 0. The molecule has 1 amide bonds. The Morgan fingerprint density at radius 3 is 2.53 bits per heavy atom. The van der Waals surface area contributed by atoms with Crippen molar-refractivity contribution in [3.05, 3.63) is 0 Å². The molecule has 0 saturated carbocycles. The summed E-state index contributed by atoms with van der Waals surface area (Å²) in [7, 11) is 4.26. The molecule has 0 atom stereocenters. The first-order chi connectivity index (χ1) is 7.16. The summed E-state index contributed by atoms with van der Waals surface area (Å²) in [5.74, 6) is 1.76. The Bertz CT molecular complexity index is 282. The smallest absolute Gasteiger partial charge is 0.306 e. The van der Waals surface area contributed by atoms with Crippen molar-refractivity contribution in [3.63, 3.8) is 0 Å². The number of aliphatic imine (C=N–C) groups is 1. The molecule has 0 bridgehead atoms. The molecule has 2 aliphatic rings. The fourth-order valence-electron chi connectivity index (χ4n) is 2.10. The normalized spacial score (nSPS) is 23.8. The van der Waals surface area contributed by atoms with Gasteiger partial charge in [-0.3, -0.25) is 4.79 Å². The van der Waals surface area contributed by atoms with E-state index in [0.29, 0.717) is 6.04 Å². The molecule has 15 heavy (non-hydrogen) atoms. The Labute approximate surface area is 94.7 Å². The predicted molar refractivity (Wildman–Crippen MR) is 63.6 cm³/mol. The third-order valence-corrected chi connectivity index (χ3v) is 3.85.